The molecule has 0 heterocycles. The fraction of sp³-hybridized carbons (Fsp3) is 1.00. The Kier molecular flexibility index (Phi) is 11.3. The third-order valence-corrected chi connectivity index (χ3v) is 0.682. The van der Waals surface area contributed by atoms with E-state index in [1.54, 1.807) is 0 Å². The first-order valence-corrected chi connectivity index (χ1v) is 2.10. The van der Waals surface area contributed by atoms with Crippen LogP contribution in [0, 0.1) is 0 Å². The van der Waals surface area contributed by atoms with E-state index in [2.05, 4.69) is 0 Å². The Morgan fingerprint density at radius 2 is 2.14 bits per heavy atom. The van der Waals surface area contributed by atoms with Gasteiger partial charge >= 0.3 is 37.7 Å². The summed E-state index contributed by atoms with van der Waals surface area (Å²) in [4.78, 5) is 0. The van der Waals surface area contributed by atoms with E-state index in [1.807, 2.05) is 6.92 Å². The molecule has 0 aliphatic rings. The minimum Gasteiger partial charge on any atom is -1.00 e. The molecule has 7 heavy (non-hydrogen) atoms. The van der Waals surface area contributed by atoms with E-state index in [4.69, 9.17) is 10.2 Å². The van der Waals surface area contributed by atoms with E-state index in [-0.39, 0.29) is 47.2 Å². The van der Waals surface area contributed by atoms with Crippen LogP contribution in [-0.2, 0) is 0 Å². The van der Waals surface area contributed by atoms with Crippen LogP contribution in [0.25, 0.3) is 0 Å². The second-order valence-corrected chi connectivity index (χ2v) is 1.24. The first kappa shape index (κ1) is 11.0. The van der Waals surface area contributed by atoms with Gasteiger partial charge in [-0.2, -0.15) is 0 Å². The molecule has 0 aromatic carbocycles. The molecule has 1 atom stereocenters. The Morgan fingerprint density at radius 3 is 2.14 bits per heavy atom. The number of aliphatic hydroxyl groups is 2. The molecule has 0 amide bonds. The van der Waals surface area contributed by atoms with Gasteiger partial charge in [0.05, 0.1) is 12.7 Å². The summed E-state index contributed by atoms with van der Waals surface area (Å²) >= 11 is 0. The van der Waals surface area contributed by atoms with Crippen molar-refractivity contribution in [3.63, 3.8) is 0 Å². The van der Waals surface area contributed by atoms with Gasteiger partial charge in [0.1, 0.15) is 0 Å². The van der Waals surface area contributed by atoms with Crippen LogP contribution in [0.15, 0.2) is 0 Å². The van der Waals surface area contributed by atoms with E-state index in [9.17, 15) is 0 Å². The molecular formula is C4H12CaO2. The summed E-state index contributed by atoms with van der Waals surface area (Å²) in [7, 11) is 0. The molecule has 42 valence electrons. The van der Waals surface area contributed by atoms with Gasteiger partial charge in [0, 0.05) is 0 Å². The summed E-state index contributed by atoms with van der Waals surface area (Å²) in [5, 5.41) is 16.5. The molecule has 0 fully saturated rings. The van der Waals surface area contributed by atoms with Crippen molar-refractivity contribution >= 4 is 37.7 Å². The van der Waals surface area contributed by atoms with E-state index < -0.39 is 6.10 Å². The Hall–Kier alpha value is 1.18. The van der Waals surface area contributed by atoms with E-state index >= 15 is 0 Å². The fourth-order valence-electron chi connectivity index (χ4n) is 0.129. The molecule has 0 rings (SSSR count). The van der Waals surface area contributed by atoms with Gasteiger partial charge in [0.2, 0.25) is 0 Å². The smallest absolute Gasteiger partial charge is 1.00 e. The van der Waals surface area contributed by atoms with E-state index in [0.29, 0.717) is 6.42 Å². The van der Waals surface area contributed by atoms with Crippen molar-refractivity contribution in [2.75, 3.05) is 6.61 Å². The SMILES string of the molecule is CCC(O)CO.[Ca+2].[H-].[H-]. The van der Waals surface area contributed by atoms with Gasteiger partial charge in [-0.05, 0) is 6.42 Å². The second-order valence-electron chi connectivity index (χ2n) is 1.24. The molecule has 0 bridgehead atoms. The molecule has 2 N–H and O–H groups in total. The topological polar surface area (TPSA) is 40.5 Å². The number of hydrogen-bond acceptors (Lipinski definition) is 2. The Labute approximate surface area is 76.5 Å². The summed E-state index contributed by atoms with van der Waals surface area (Å²) in [6, 6.07) is 0. The fourth-order valence-corrected chi connectivity index (χ4v) is 0.129. The van der Waals surface area contributed by atoms with Gasteiger partial charge < -0.3 is 13.1 Å². The minimum absolute atomic E-state index is 0. The van der Waals surface area contributed by atoms with Crippen LogP contribution in [0.1, 0.15) is 16.2 Å². The summed E-state index contributed by atoms with van der Waals surface area (Å²) in [6.45, 7) is 1.71. The molecule has 0 spiro atoms. The van der Waals surface area contributed by atoms with Gasteiger partial charge in [-0.15, -0.1) is 0 Å². The summed E-state index contributed by atoms with van der Waals surface area (Å²) in [5.41, 5.74) is 0. The van der Waals surface area contributed by atoms with E-state index in [0.717, 1.165) is 0 Å². The third-order valence-electron chi connectivity index (χ3n) is 0.682. The predicted molar refractivity (Wildman–Crippen MR) is 31.4 cm³/mol. The Balaban J connectivity index is -0.0000000417. The van der Waals surface area contributed by atoms with Crippen molar-refractivity contribution in [3.8, 4) is 0 Å². The normalized spacial score (nSPS) is 12.4. The van der Waals surface area contributed by atoms with Crippen molar-refractivity contribution in [3.05, 3.63) is 0 Å². The predicted octanol–water partition coefficient (Wildman–Crippen LogP) is -0.406. The molecule has 3 heteroatoms. The summed E-state index contributed by atoms with van der Waals surface area (Å²) in [6.07, 6.45) is 0.126. The van der Waals surface area contributed by atoms with Gasteiger partial charge in [-0.25, -0.2) is 0 Å². The van der Waals surface area contributed by atoms with Crippen LogP contribution in [-0.4, -0.2) is 60.7 Å². The van der Waals surface area contributed by atoms with E-state index in [1.165, 1.54) is 0 Å². The largest absolute Gasteiger partial charge is 2.00 e. The van der Waals surface area contributed by atoms with Crippen molar-refractivity contribution < 1.29 is 13.1 Å². The summed E-state index contributed by atoms with van der Waals surface area (Å²) < 4.78 is 0. The van der Waals surface area contributed by atoms with Crippen molar-refractivity contribution in [1.29, 1.82) is 0 Å². The first-order chi connectivity index (χ1) is 2.81. The van der Waals surface area contributed by atoms with Gasteiger partial charge in [0.25, 0.3) is 0 Å². The van der Waals surface area contributed by atoms with Gasteiger partial charge in [-0.3, -0.25) is 0 Å². The number of aliphatic hydroxyl groups excluding tert-OH is 2. The van der Waals surface area contributed by atoms with Crippen LogP contribution in [0.2, 0.25) is 0 Å². The second kappa shape index (κ2) is 7.18. The Morgan fingerprint density at radius 1 is 1.71 bits per heavy atom. The molecule has 0 aliphatic heterocycles. The van der Waals surface area contributed by atoms with Gasteiger partial charge in [-0.1, -0.05) is 6.92 Å². The maximum absolute atomic E-state index is 8.42. The zero-order valence-electron chi connectivity index (χ0n) is 6.59. The van der Waals surface area contributed by atoms with Crippen molar-refractivity contribution in [1.82, 2.24) is 0 Å². The van der Waals surface area contributed by atoms with Crippen molar-refractivity contribution in [2.24, 2.45) is 0 Å². The van der Waals surface area contributed by atoms with Crippen LogP contribution < -0.4 is 0 Å². The van der Waals surface area contributed by atoms with Crippen molar-refractivity contribution in [2.45, 2.75) is 19.4 Å². The average molecular weight is 132 g/mol. The summed E-state index contributed by atoms with van der Waals surface area (Å²) in [5.74, 6) is 0. The molecule has 0 aromatic heterocycles. The average Bonchev–Trinajstić information content (AvgIpc) is 1.65. The van der Waals surface area contributed by atoms with Crippen LogP contribution in [0.4, 0.5) is 0 Å². The molecule has 2 nitrogen and oxygen atoms in total. The number of hydrogen-bond donors (Lipinski definition) is 2. The third kappa shape index (κ3) is 7.18. The van der Waals surface area contributed by atoms with Gasteiger partial charge in [0.15, 0.2) is 0 Å². The molecule has 0 radical (unpaired) electrons. The maximum atomic E-state index is 8.42. The molecule has 1 unspecified atom stereocenters. The standard InChI is InChI=1S/C4H10O2.Ca.2H/c1-2-4(6)3-5;;;/h4-6H,2-3H2,1H3;;;/q;+2;2*-1. The molecule has 0 aliphatic carbocycles. The minimum atomic E-state index is -0.509. The number of rotatable bonds is 2. The quantitative estimate of drug-likeness (QED) is 0.502. The Bertz CT molecular complexity index is 35.7. The van der Waals surface area contributed by atoms with Crippen LogP contribution in [0.3, 0.4) is 0 Å². The van der Waals surface area contributed by atoms with Crippen LogP contribution in [0.5, 0.6) is 0 Å². The molecular weight excluding hydrogens is 120 g/mol. The molecule has 0 saturated carbocycles. The molecule has 0 saturated heterocycles. The monoisotopic (exact) mass is 132 g/mol. The first-order valence-electron chi connectivity index (χ1n) is 2.10. The maximum Gasteiger partial charge on any atom is 2.00 e. The molecule has 0 aromatic rings. The zero-order valence-corrected chi connectivity index (χ0v) is 6.80. The zero-order chi connectivity index (χ0) is 4.99. The van der Waals surface area contributed by atoms with Crippen LogP contribution >= 0.6 is 0 Å².